The van der Waals surface area contributed by atoms with Crippen LogP contribution in [0.1, 0.15) is 387 Å². The normalized spacial score (nSPS) is 20.0. The molecule has 542 valence electrons. The van der Waals surface area contributed by atoms with E-state index in [-0.39, 0.29) is 38.5 Å². The van der Waals surface area contributed by atoms with Gasteiger partial charge in [0.15, 0.2) is 0 Å². The molecule has 14 nitrogen and oxygen atoms in total. The Morgan fingerprint density at radius 3 is 0.774 bits per heavy atom. The first-order valence-electron chi connectivity index (χ1n) is 38.8. The summed E-state index contributed by atoms with van der Waals surface area (Å²) < 4.78 is 34.5. The number of carbonyl (C=O) groups excluding carboxylic acids is 4. The fourth-order valence-electron chi connectivity index (χ4n) is 12.1. The SMILES string of the molecule is CCCCCCCC/C=C\CCCCCCCC(=O)OC1(CO)O[C@H](OC)[C@](O)(OC(=O)CCCCCCC/C=C\CCCCCCCC)[C@@](O)(OC(=O)CCCCCCC/C=C\CCCCCCCC)[C@@]1(O)OC(=O)CCCCCCC/C=C\CCCCCCCC. The van der Waals surface area contributed by atoms with E-state index in [0.29, 0.717) is 38.5 Å². The Labute approximate surface area is 568 Å². The Bertz CT molecular complexity index is 1920. The third kappa shape index (κ3) is 40.8. The van der Waals surface area contributed by atoms with E-state index in [1.54, 1.807) is 0 Å². The van der Waals surface area contributed by atoms with E-state index >= 15 is 0 Å². The molecule has 0 aromatic rings. The van der Waals surface area contributed by atoms with Crippen molar-refractivity contribution in [2.75, 3.05) is 13.7 Å². The molecule has 0 aliphatic carbocycles. The Morgan fingerprint density at radius 1 is 0.312 bits per heavy atom. The number of hydrogen-bond donors (Lipinski definition) is 4. The first-order valence-corrected chi connectivity index (χ1v) is 38.8. The predicted octanol–water partition coefficient (Wildman–Crippen LogP) is 21.1. The number of aliphatic hydroxyl groups excluding tert-OH is 1. The van der Waals surface area contributed by atoms with Gasteiger partial charge in [-0.25, -0.2) is 0 Å². The molecule has 0 saturated carbocycles. The fourth-order valence-corrected chi connectivity index (χ4v) is 12.1. The molecule has 14 heteroatoms. The third-order valence-electron chi connectivity index (χ3n) is 18.1. The molecule has 4 N–H and O–H groups in total. The second kappa shape index (κ2) is 59.8. The van der Waals surface area contributed by atoms with Crippen molar-refractivity contribution >= 4 is 23.9 Å². The van der Waals surface area contributed by atoms with Crippen LogP contribution >= 0.6 is 0 Å². The average molecular weight is 1320 g/mol. The monoisotopic (exact) mass is 1320 g/mol. The van der Waals surface area contributed by atoms with Crippen LogP contribution in [0.4, 0.5) is 0 Å². The molecule has 5 atom stereocenters. The maximum atomic E-state index is 14.2. The molecular weight excluding hydrogens is 1170 g/mol. The molecule has 1 fully saturated rings. The summed E-state index contributed by atoms with van der Waals surface area (Å²) in [6.07, 6.45) is 67.4. The van der Waals surface area contributed by atoms with Crippen LogP contribution in [0.15, 0.2) is 48.6 Å². The van der Waals surface area contributed by atoms with Gasteiger partial charge in [-0.15, -0.1) is 0 Å². The van der Waals surface area contributed by atoms with Gasteiger partial charge >= 0.3 is 47.0 Å². The number of carbonyl (C=O) groups is 4. The Morgan fingerprint density at radius 2 is 0.527 bits per heavy atom. The number of unbranched alkanes of at least 4 members (excludes halogenated alkanes) is 44. The van der Waals surface area contributed by atoms with Gasteiger partial charge in [-0.05, 0) is 128 Å². The van der Waals surface area contributed by atoms with Gasteiger partial charge in [-0.2, -0.15) is 0 Å². The minimum Gasteiger partial charge on any atom is -0.423 e. The van der Waals surface area contributed by atoms with Gasteiger partial charge in [0.1, 0.15) is 6.61 Å². The van der Waals surface area contributed by atoms with Crippen LogP contribution in [0.5, 0.6) is 0 Å². The molecule has 1 aliphatic heterocycles. The van der Waals surface area contributed by atoms with Crippen molar-refractivity contribution in [1.82, 2.24) is 0 Å². The molecule has 0 spiro atoms. The first-order chi connectivity index (χ1) is 45.3. The molecule has 0 amide bonds. The molecule has 0 aromatic carbocycles. The number of esters is 4. The van der Waals surface area contributed by atoms with Crippen LogP contribution in [-0.4, -0.2) is 87.5 Å². The van der Waals surface area contributed by atoms with Crippen molar-refractivity contribution in [2.24, 2.45) is 0 Å². The van der Waals surface area contributed by atoms with Crippen LogP contribution in [0.25, 0.3) is 0 Å². The topological polar surface area (TPSA) is 205 Å². The number of ether oxygens (including phenoxy) is 6. The molecule has 1 aliphatic rings. The van der Waals surface area contributed by atoms with Gasteiger partial charge in [0.25, 0.3) is 0 Å². The zero-order valence-electron chi connectivity index (χ0n) is 60.4. The van der Waals surface area contributed by atoms with Crippen molar-refractivity contribution < 1.29 is 68.0 Å². The average Bonchev–Trinajstić information content (AvgIpc) is 0.685. The summed E-state index contributed by atoms with van der Waals surface area (Å²) >= 11 is 0. The Hall–Kier alpha value is -3.40. The molecule has 1 saturated heterocycles. The lowest BCUT2D eigenvalue weighted by Crippen LogP contribution is -2.88. The van der Waals surface area contributed by atoms with Crippen molar-refractivity contribution in [2.45, 2.75) is 417 Å². The lowest BCUT2D eigenvalue weighted by molar-refractivity contribution is -0.577. The minimum atomic E-state index is -4.03. The van der Waals surface area contributed by atoms with Crippen molar-refractivity contribution in [1.29, 1.82) is 0 Å². The molecule has 0 aromatic heterocycles. The van der Waals surface area contributed by atoms with Crippen molar-refractivity contribution in [3.63, 3.8) is 0 Å². The number of methoxy groups -OCH3 is 1. The lowest BCUT2D eigenvalue weighted by Gasteiger charge is -2.58. The summed E-state index contributed by atoms with van der Waals surface area (Å²) in [6.45, 7) is 7.40. The summed E-state index contributed by atoms with van der Waals surface area (Å²) in [6, 6.07) is 0. The minimum absolute atomic E-state index is 0.247. The van der Waals surface area contributed by atoms with Crippen molar-refractivity contribution in [3.8, 4) is 0 Å². The maximum Gasteiger partial charge on any atom is 0.356 e. The highest BCUT2D eigenvalue weighted by Crippen LogP contribution is 2.53. The van der Waals surface area contributed by atoms with Crippen LogP contribution in [-0.2, 0) is 47.6 Å². The third-order valence-corrected chi connectivity index (χ3v) is 18.1. The summed E-state index contributed by atoms with van der Waals surface area (Å²) in [5.74, 6) is -19.4. The summed E-state index contributed by atoms with van der Waals surface area (Å²) in [4.78, 5) is 56.3. The summed E-state index contributed by atoms with van der Waals surface area (Å²) in [5, 5.41) is 50.4. The van der Waals surface area contributed by atoms with Crippen LogP contribution in [0, 0.1) is 0 Å². The van der Waals surface area contributed by atoms with Crippen molar-refractivity contribution in [3.05, 3.63) is 48.6 Å². The number of hydrogen-bond acceptors (Lipinski definition) is 14. The van der Waals surface area contributed by atoms with Crippen LogP contribution in [0.3, 0.4) is 0 Å². The maximum absolute atomic E-state index is 14.2. The first kappa shape index (κ1) is 87.6. The van der Waals surface area contributed by atoms with Crippen LogP contribution < -0.4 is 0 Å². The van der Waals surface area contributed by atoms with Gasteiger partial charge in [0.05, 0.1) is 0 Å². The van der Waals surface area contributed by atoms with Gasteiger partial charge in [-0.3, -0.25) is 23.9 Å². The fraction of sp³-hybridized carbons (Fsp3) is 0.848. The van der Waals surface area contributed by atoms with E-state index in [2.05, 4.69) is 76.3 Å². The number of rotatable bonds is 66. The molecule has 93 heavy (non-hydrogen) atoms. The predicted molar refractivity (Wildman–Crippen MR) is 379 cm³/mol. The van der Waals surface area contributed by atoms with Gasteiger partial charge in [0.2, 0.25) is 6.29 Å². The molecule has 1 heterocycles. The second-order valence-corrected chi connectivity index (χ2v) is 26.8. The Balaban J connectivity index is 3.37. The largest absolute Gasteiger partial charge is 0.423 e. The molecule has 1 unspecified atom stereocenters. The van der Waals surface area contributed by atoms with Gasteiger partial charge in [-0.1, -0.05) is 282 Å². The van der Waals surface area contributed by atoms with E-state index < -0.39 is 59.9 Å². The molecule has 1 rings (SSSR count). The molecule has 0 radical (unpaired) electrons. The highest BCUT2D eigenvalue weighted by Gasteiger charge is 2.87. The summed E-state index contributed by atoms with van der Waals surface area (Å²) in [5.41, 5.74) is 0. The quantitative estimate of drug-likeness (QED) is 0.0147. The van der Waals surface area contributed by atoms with E-state index in [9.17, 15) is 39.6 Å². The zero-order chi connectivity index (χ0) is 68.1. The highest BCUT2D eigenvalue weighted by atomic mass is 16.9. The van der Waals surface area contributed by atoms with E-state index in [1.165, 1.54) is 154 Å². The second-order valence-electron chi connectivity index (χ2n) is 26.8. The highest BCUT2D eigenvalue weighted by molar-refractivity contribution is 5.73. The van der Waals surface area contributed by atoms with E-state index in [0.717, 1.165) is 136 Å². The zero-order valence-corrected chi connectivity index (χ0v) is 60.4. The van der Waals surface area contributed by atoms with E-state index in [4.69, 9.17) is 28.4 Å². The van der Waals surface area contributed by atoms with Crippen LogP contribution in [0.2, 0.25) is 0 Å². The summed E-state index contributed by atoms with van der Waals surface area (Å²) in [7, 11) is 1.01. The Kier molecular flexibility index (Phi) is 56.4. The van der Waals surface area contributed by atoms with Gasteiger partial charge in [0, 0.05) is 32.8 Å². The lowest BCUT2D eigenvalue weighted by atomic mass is 9.84. The standard InChI is InChI=1S/C79H142O14/c1-6-10-14-18-22-26-30-34-38-42-46-50-54-58-62-66-71(81)89-76(70-80)78(86,91-73(83)68-64-60-56-52-48-44-40-36-32-28-24-20-16-12-8-3)79(87,92-74(84)69-65-61-57-53-49-45-41-37-33-29-25-21-17-13-9-4)77(85,75(88-5)93-76)90-72(82)67-63-59-55-51-47-43-39-35-31-27-23-19-15-11-7-2/h34-41,75,80,85-87H,6-33,42-70H2,1-5H3/b38-34-,39-35-,40-36-,41-37-/t75-,76?,77-,78-,79+/m0/s1. The van der Waals surface area contributed by atoms with Gasteiger partial charge < -0.3 is 44.1 Å². The smallest absolute Gasteiger partial charge is 0.356 e. The molecular formula is C79H142O14. The van der Waals surface area contributed by atoms with E-state index in [1.807, 2.05) is 0 Å². The molecule has 0 bridgehead atoms. The number of allylic oxidation sites excluding steroid dienone is 8. The number of aliphatic hydroxyl groups is 4.